The van der Waals surface area contributed by atoms with E-state index in [-0.39, 0.29) is 61.4 Å². The molecule has 0 radical (unpaired) electrons. The van der Waals surface area contributed by atoms with Crippen LogP contribution >= 0.6 is 0 Å². The number of aryl methyl sites for hydroxylation is 1. The maximum Gasteiger partial charge on any atom is 0.307 e. The van der Waals surface area contributed by atoms with Crippen molar-refractivity contribution in [3.05, 3.63) is 85.6 Å². The molecular formula is C43H49N3O12. The SMILES string of the molecule is CO[C@H]1/C=C/O[C@@]2(C)Oc3c(C)c(O)c4c(=O)c(c5c(nc6ccc(=O)cc6n5C)c4c3=C2O)NC(=O)/C(C)=C\C=C\[C@H](C)[C@H](O)C[C@@H](O)[C@@H](C)[C@H](OC(C)=O)[C@@H]1C. The van der Waals surface area contributed by atoms with E-state index < -0.39 is 76.8 Å². The number of benzene rings is 3. The van der Waals surface area contributed by atoms with E-state index in [4.69, 9.17) is 23.9 Å². The predicted molar refractivity (Wildman–Crippen MR) is 217 cm³/mol. The monoisotopic (exact) mass is 799 g/mol. The van der Waals surface area contributed by atoms with Crippen molar-refractivity contribution in [1.29, 1.82) is 0 Å². The topological polar surface area (TPSA) is 216 Å². The minimum absolute atomic E-state index is 0.0113. The van der Waals surface area contributed by atoms with Crippen molar-refractivity contribution in [3.63, 3.8) is 0 Å². The zero-order chi connectivity index (χ0) is 42.5. The first kappa shape index (κ1) is 41.9. The van der Waals surface area contributed by atoms with E-state index in [9.17, 15) is 39.6 Å². The molecule has 3 heterocycles. The third kappa shape index (κ3) is 7.29. The lowest BCUT2D eigenvalue weighted by molar-refractivity contribution is -0.158. The quantitative estimate of drug-likeness (QED) is 0.110. The van der Waals surface area contributed by atoms with Crippen LogP contribution in [0.4, 0.5) is 5.69 Å². The van der Waals surface area contributed by atoms with Gasteiger partial charge < -0.3 is 49.3 Å². The molecule has 15 heteroatoms. The van der Waals surface area contributed by atoms with Gasteiger partial charge in [-0.1, -0.05) is 39.0 Å². The highest BCUT2D eigenvalue weighted by molar-refractivity contribution is 6.17. The Kier molecular flexibility index (Phi) is 11.5. The maximum absolute atomic E-state index is 14.7. The zero-order valence-electron chi connectivity index (χ0n) is 33.8. The first-order chi connectivity index (χ1) is 27.3. The van der Waals surface area contributed by atoms with Crippen LogP contribution in [0.2, 0.25) is 0 Å². The molecule has 2 aliphatic heterocycles. The van der Waals surface area contributed by atoms with Gasteiger partial charge in [0, 0.05) is 74.8 Å². The Morgan fingerprint density at radius 3 is 2.41 bits per heavy atom. The molecule has 1 aromatic heterocycles. The second kappa shape index (κ2) is 15.9. The summed E-state index contributed by atoms with van der Waals surface area (Å²) in [5, 5.41) is 48.6. The van der Waals surface area contributed by atoms with Crippen LogP contribution in [0.5, 0.6) is 11.5 Å². The van der Waals surface area contributed by atoms with E-state index in [0.717, 1.165) is 0 Å². The lowest BCUT2D eigenvalue weighted by atomic mass is 9.83. The molecular weight excluding hydrogens is 750 g/mol. The number of aromatic hydroxyl groups is 1. The number of rotatable bonds is 2. The van der Waals surface area contributed by atoms with Gasteiger partial charge in [-0.2, -0.15) is 0 Å². The van der Waals surface area contributed by atoms with Gasteiger partial charge in [-0.05, 0) is 32.1 Å². The van der Waals surface area contributed by atoms with E-state index >= 15 is 0 Å². The maximum atomic E-state index is 14.7. The number of carbonyl (C=O) groups excluding carboxylic acids is 2. The van der Waals surface area contributed by atoms with E-state index in [1.54, 1.807) is 44.5 Å². The number of ether oxygens (including phenoxy) is 4. The number of aliphatic hydroxyl groups excluding tert-OH is 3. The molecule has 5 N–H and O–H groups in total. The van der Waals surface area contributed by atoms with Crippen LogP contribution in [0.3, 0.4) is 0 Å². The first-order valence-corrected chi connectivity index (χ1v) is 19.0. The number of allylic oxidation sites excluding steroid dienone is 2. The molecule has 4 aromatic rings. The number of aromatic nitrogens is 2. The van der Waals surface area contributed by atoms with Crippen molar-refractivity contribution in [3.8, 4) is 11.5 Å². The summed E-state index contributed by atoms with van der Waals surface area (Å²) < 4.78 is 25.3. The molecule has 0 saturated carbocycles. The highest BCUT2D eigenvalue weighted by atomic mass is 16.7. The number of anilines is 1. The molecule has 6 rings (SSSR count). The number of methoxy groups -OCH3 is 1. The van der Waals surface area contributed by atoms with Gasteiger partial charge in [0.2, 0.25) is 5.43 Å². The number of nitrogens with one attached hydrogen (secondary N) is 1. The summed E-state index contributed by atoms with van der Waals surface area (Å²) in [7, 11) is 3.05. The number of esters is 1. The number of phenolic OH excluding ortho intramolecular Hbond substituents is 1. The summed E-state index contributed by atoms with van der Waals surface area (Å²) in [6.45, 7) is 11.0. The molecule has 0 spiro atoms. The minimum atomic E-state index is -1.92. The Morgan fingerprint density at radius 2 is 1.74 bits per heavy atom. The number of carbonyl (C=O) groups is 2. The van der Waals surface area contributed by atoms with Gasteiger partial charge >= 0.3 is 11.8 Å². The molecule has 0 aliphatic carbocycles. The average molecular weight is 800 g/mol. The number of hydrogen-bond acceptors (Lipinski definition) is 13. The van der Waals surface area contributed by atoms with Gasteiger partial charge in [-0.15, -0.1) is 0 Å². The Bertz CT molecular complexity index is 2610. The van der Waals surface area contributed by atoms with Gasteiger partial charge in [0.25, 0.3) is 5.91 Å². The minimum Gasteiger partial charge on any atom is -0.507 e. The fourth-order valence-electron chi connectivity index (χ4n) is 7.80. The normalized spacial score (nSPS) is 29.2. The van der Waals surface area contributed by atoms with Crippen molar-refractivity contribution < 1.29 is 49.0 Å². The van der Waals surface area contributed by atoms with Gasteiger partial charge in [-0.25, -0.2) is 4.98 Å². The standard InChI is InChI=1S/C43H49N3O12/c1-19-11-10-12-20(2)42(54)45-35-36-34(44-26-14-13-25(48)17-27(26)46(36)8)31-32(38(35)52)37(51)23(5)40-33(31)41(53)43(7,58-40)56-16-15-30(55-9)22(4)39(57-24(6)47)21(3)29(50)18-28(19)49/h10-17,19,21-22,28-30,39,49-51,53H,18H2,1-9H3,(H,45,54)/b11-10+,16-15+,20-12-/t19-,21+,22+,28+,29+,30-,39-,43-/m0/s1. The molecule has 1 amide bonds. The summed E-state index contributed by atoms with van der Waals surface area (Å²) in [5.74, 6) is -5.80. The lowest BCUT2D eigenvalue weighted by Crippen LogP contribution is -2.43. The Balaban J connectivity index is 1.64. The molecule has 0 saturated heterocycles. The van der Waals surface area contributed by atoms with Gasteiger partial charge in [0.1, 0.15) is 23.3 Å². The van der Waals surface area contributed by atoms with Gasteiger partial charge in [0.15, 0.2) is 11.2 Å². The fourth-order valence-corrected chi connectivity index (χ4v) is 7.80. The molecule has 2 aliphatic rings. The van der Waals surface area contributed by atoms with Crippen molar-refractivity contribution in [1.82, 2.24) is 9.55 Å². The number of amides is 1. The number of aliphatic hydroxyl groups is 3. The molecule has 0 unspecified atom stereocenters. The number of fused-ring (bicyclic) bond motifs is 2. The van der Waals surface area contributed by atoms with Crippen LogP contribution in [0, 0.1) is 24.7 Å². The third-order valence-electron chi connectivity index (χ3n) is 11.4. The van der Waals surface area contributed by atoms with Crippen LogP contribution in [0.25, 0.3) is 38.6 Å². The molecule has 3 aromatic carbocycles. The van der Waals surface area contributed by atoms with Crippen molar-refractivity contribution in [2.45, 2.75) is 85.1 Å². The second-order valence-electron chi connectivity index (χ2n) is 15.4. The van der Waals surface area contributed by atoms with Crippen molar-refractivity contribution >= 4 is 56.2 Å². The summed E-state index contributed by atoms with van der Waals surface area (Å²) in [6, 6.07) is 4.19. The molecule has 4 bridgehead atoms. The molecule has 308 valence electrons. The van der Waals surface area contributed by atoms with Crippen molar-refractivity contribution in [2.24, 2.45) is 24.8 Å². The molecule has 8 atom stereocenters. The van der Waals surface area contributed by atoms with Crippen molar-refractivity contribution in [2.75, 3.05) is 12.4 Å². The summed E-state index contributed by atoms with van der Waals surface area (Å²) in [5.41, 5.74) is -0.189. The fraction of sp³-hybridized carbons (Fsp3) is 0.419. The van der Waals surface area contributed by atoms with Crippen LogP contribution in [-0.2, 0) is 30.8 Å². The molecule has 0 fully saturated rings. The van der Waals surface area contributed by atoms with Crippen LogP contribution < -0.4 is 26.1 Å². The van der Waals surface area contributed by atoms with Gasteiger partial charge in [0.05, 0.1) is 57.2 Å². The zero-order valence-corrected chi connectivity index (χ0v) is 33.8. The predicted octanol–water partition coefficient (Wildman–Crippen LogP) is 4.06. The Hall–Kier alpha value is -5.77. The first-order valence-electron chi connectivity index (χ1n) is 19.0. The lowest BCUT2D eigenvalue weighted by Gasteiger charge is -2.35. The molecule has 15 nitrogen and oxygen atoms in total. The second-order valence-corrected chi connectivity index (χ2v) is 15.4. The third-order valence-corrected chi connectivity index (χ3v) is 11.4. The van der Waals surface area contributed by atoms with Crippen LogP contribution in [-0.4, -0.2) is 79.2 Å². The van der Waals surface area contributed by atoms with Gasteiger partial charge in [-0.3, -0.25) is 19.2 Å². The van der Waals surface area contributed by atoms with Crippen LogP contribution in [0.15, 0.2) is 63.9 Å². The summed E-state index contributed by atoms with van der Waals surface area (Å²) in [6.07, 6.45) is 3.68. The molecule has 58 heavy (non-hydrogen) atoms. The summed E-state index contributed by atoms with van der Waals surface area (Å²) in [4.78, 5) is 58.1. The Labute approximate surface area is 333 Å². The van der Waals surface area contributed by atoms with E-state index in [1.807, 2.05) is 0 Å². The van der Waals surface area contributed by atoms with E-state index in [0.29, 0.717) is 11.0 Å². The van der Waals surface area contributed by atoms with E-state index in [1.165, 1.54) is 71.4 Å². The average Bonchev–Trinajstić information content (AvgIpc) is 3.44. The summed E-state index contributed by atoms with van der Waals surface area (Å²) >= 11 is 0. The largest absolute Gasteiger partial charge is 0.507 e. The van der Waals surface area contributed by atoms with E-state index in [2.05, 4.69) is 5.32 Å². The highest BCUT2D eigenvalue weighted by Crippen LogP contribution is 2.42. The highest BCUT2D eigenvalue weighted by Gasteiger charge is 2.44. The van der Waals surface area contributed by atoms with Crippen LogP contribution in [0.1, 0.15) is 53.5 Å². The number of hydrogen-bond donors (Lipinski definition) is 5. The number of nitrogens with zero attached hydrogens (tertiary/aromatic N) is 2. The number of phenols is 1. The Morgan fingerprint density at radius 1 is 1.03 bits per heavy atom. The smallest absolute Gasteiger partial charge is 0.307 e.